The fourth-order valence-corrected chi connectivity index (χ4v) is 2.50. The molecule has 0 unspecified atom stereocenters. The molecule has 0 saturated heterocycles. The van der Waals surface area contributed by atoms with E-state index < -0.39 is 11.9 Å². The molecule has 6 nitrogen and oxygen atoms in total. The summed E-state index contributed by atoms with van der Waals surface area (Å²) >= 11 is 0. The van der Waals surface area contributed by atoms with Crippen LogP contribution in [0.4, 0.5) is 0 Å². The van der Waals surface area contributed by atoms with Gasteiger partial charge in [-0.25, -0.2) is 14.6 Å². The maximum Gasteiger partial charge on any atom is 0.363 e. The molecule has 3 rings (SSSR count). The molecule has 1 aliphatic heterocycles. The molecule has 0 aliphatic carbocycles. The van der Waals surface area contributed by atoms with E-state index in [1.807, 2.05) is 31.2 Å². The van der Waals surface area contributed by atoms with Gasteiger partial charge in [-0.05, 0) is 49.2 Å². The van der Waals surface area contributed by atoms with Gasteiger partial charge in [0.05, 0.1) is 6.61 Å². The number of hydrogen-bond acceptors (Lipinski definition) is 6. The molecule has 1 aliphatic rings. The molecule has 0 amide bonds. The van der Waals surface area contributed by atoms with E-state index in [9.17, 15) is 9.59 Å². The average Bonchev–Trinajstić information content (AvgIpc) is 3.02. The van der Waals surface area contributed by atoms with E-state index in [0.29, 0.717) is 18.3 Å². The second kappa shape index (κ2) is 8.31. The Hall–Kier alpha value is -3.41. The van der Waals surface area contributed by atoms with Gasteiger partial charge in [0, 0.05) is 5.56 Å². The van der Waals surface area contributed by atoms with Gasteiger partial charge in [0.25, 0.3) is 0 Å². The molecule has 0 bridgehead atoms. The summed E-state index contributed by atoms with van der Waals surface area (Å²) in [4.78, 5) is 27.7. The monoisotopic (exact) mass is 365 g/mol. The smallest absolute Gasteiger partial charge is 0.363 e. The predicted octanol–water partition coefficient (Wildman–Crippen LogP) is 3.28. The number of benzene rings is 2. The zero-order chi connectivity index (χ0) is 19.2. The molecule has 0 radical (unpaired) electrons. The normalized spacial score (nSPS) is 14.7. The molecule has 0 atom stereocenters. The number of hydrogen-bond donors (Lipinski definition) is 0. The van der Waals surface area contributed by atoms with Crippen molar-refractivity contribution in [3.8, 4) is 5.75 Å². The Morgan fingerprint density at radius 2 is 1.89 bits per heavy atom. The van der Waals surface area contributed by atoms with E-state index in [4.69, 9.17) is 14.2 Å². The number of esters is 2. The summed E-state index contributed by atoms with van der Waals surface area (Å²) in [6.07, 6.45) is 1.64. The number of aliphatic imine (C=N–C) groups is 1. The van der Waals surface area contributed by atoms with Crippen LogP contribution >= 0.6 is 0 Å². The third kappa shape index (κ3) is 4.61. The molecule has 27 heavy (non-hydrogen) atoms. The number of nitrogens with zero attached hydrogens (tertiary/aromatic N) is 1. The van der Waals surface area contributed by atoms with Crippen molar-refractivity contribution in [1.29, 1.82) is 0 Å². The highest BCUT2D eigenvalue weighted by atomic mass is 16.6. The van der Waals surface area contributed by atoms with Gasteiger partial charge in [-0.2, -0.15) is 0 Å². The maximum atomic E-state index is 12.1. The van der Waals surface area contributed by atoms with Crippen LogP contribution in [0.15, 0.2) is 59.2 Å². The lowest BCUT2D eigenvalue weighted by Gasteiger charge is -2.05. The number of cyclic esters (lactones) is 1. The van der Waals surface area contributed by atoms with Crippen molar-refractivity contribution in [2.45, 2.75) is 13.8 Å². The van der Waals surface area contributed by atoms with Gasteiger partial charge >= 0.3 is 11.9 Å². The molecule has 0 fully saturated rings. The Kier molecular flexibility index (Phi) is 5.66. The Bertz CT molecular complexity index is 912. The number of aryl methyl sites for hydroxylation is 1. The van der Waals surface area contributed by atoms with Gasteiger partial charge in [-0.1, -0.05) is 30.3 Å². The first kappa shape index (κ1) is 18.4. The zero-order valence-corrected chi connectivity index (χ0v) is 15.1. The topological polar surface area (TPSA) is 74.2 Å². The summed E-state index contributed by atoms with van der Waals surface area (Å²) in [7, 11) is 0. The SMILES string of the molecule is CCOC(=O)COc1ccc(/C=C2\N=C(c3ccccc3C)OC2=O)cc1. The Labute approximate surface area is 157 Å². The molecule has 6 heteroatoms. The van der Waals surface area contributed by atoms with Crippen LogP contribution in [-0.2, 0) is 19.1 Å². The molecule has 0 N–H and O–H groups in total. The third-order valence-electron chi connectivity index (χ3n) is 3.84. The van der Waals surface area contributed by atoms with Gasteiger partial charge in [0.1, 0.15) is 5.75 Å². The lowest BCUT2D eigenvalue weighted by atomic mass is 10.1. The van der Waals surface area contributed by atoms with Crippen LogP contribution in [0.5, 0.6) is 5.75 Å². The van der Waals surface area contributed by atoms with Gasteiger partial charge in [0.15, 0.2) is 12.3 Å². The van der Waals surface area contributed by atoms with Crippen LogP contribution in [-0.4, -0.2) is 31.1 Å². The summed E-state index contributed by atoms with van der Waals surface area (Å²) in [6.45, 7) is 3.84. The number of rotatable bonds is 6. The van der Waals surface area contributed by atoms with Crippen molar-refractivity contribution in [2.75, 3.05) is 13.2 Å². The van der Waals surface area contributed by atoms with E-state index in [2.05, 4.69) is 4.99 Å². The van der Waals surface area contributed by atoms with E-state index in [-0.39, 0.29) is 12.3 Å². The molecule has 0 aromatic heterocycles. The van der Waals surface area contributed by atoms with Crippen molar-refractivity contribution in [3.05, 3.63) is 70.9 Å². The van der Waals surface area contributed by atoms with Crippen LogP contribution < -0.4 is 4.74 Å². The Balaban J connectivity index is 1.72. The molecule has 0 spiro atoms. The van der Waals surface area contributed by atoms with Crippen LogP contribution in [0.1, 0.15) is 23.6 Å². The highest BCUT2D eigenvalue weighted by Crippen LogP contribution is 2.22. The number of carbonyl (C=O) groups is 2. The first-order valence-electron chi connectivity index (χ1n) is 8.54. The lowest BCUT2D eigenvalue weighted by molar-refractivity contribution is -0.145. The van der Waals surface area contributed by atoms with Crippen LogP contribution in [0, 0.1) is 6.92 Å². The molecule has 2 aromatic rings. The molecule has 0 saturated carbocycles. The summed E-state index contributed by atoms with van der Waals surface area (Å²) in [5.41, 5.74) is 2.76. The summed E-state index contributed by atoms with van der Waals surface area (Å²) in [5, 5.41) is 0. The maximum absolute atomic E-state index is 12.1. The zero-order valence-electron chi connectivity index (χ0n) is 15.1. The third-order valence-corrected chi connectivity index (χ3v) is 3.84. The van der Waals surface area contributed by atoms with Crippen molar-refractivity contribution in [1.82, 2.24) is 0 Å². The molecule has 1 heterocycles. The predicted molar refractivity (Wildman–Crippen MR) is 100 cm³/mol. The fourth-order valence-electron chi connectivity index (χ4n) is 2.50. The second-order valence-electron chi connectivity index (χ2n) is 5.81. The van der Waals surface area contributed by atoms with Gasteiger partial charge < -0.3 is 14.2 Å². The van der Waals surface area contributed by atoms with Crippen LogP contribution in [0.25, 0.3) is 6.08 Å². The Morgan fingerprint density at radius 1 is 1.15 bits per heavy atom. The standard InChI is InChI=1S/C21H19NO5/c1-3-25-19(23)13-26-16-10-8-15(9-11-16)12-18-21(24)27-20(22-18)17-7-5-4-6-14(17)2/h4-12H,3,13H2,1-2H3/b18-12-. The summed E-state index contributed by atoms with van der Waals surface area (Å²) < 4.78 is 15.4. The van der Waals surface area contributed by atoms with Crippen LogP contribution in [0.3, 0.4) is 0 Å². The highest BCUT2D eigenvalue weighted by molar-refractivity contribution is 6.13. The van der Waals surface area contributed by atoms with Gasteiger partial charge in [-0.15, -0.1) is 0 Å². The molecular weight excluding hydrogens is 346 g/mol. The first-order valence-corrected chi connectivity index (χ1v) is 8.54. The number of ether oxygens (including phenoxy) is 3. The second-order valence-corrected chi connectivity index (χ2v) is 5.81. The largest absolute Gasteiger partial charge is 0.482 e. The van der Waals surface area contributed by atoms with E-state index in [1.165, 1.54) is 0 Å². The molecular formula is C21H19NO5. The van der Waals surface area contributed by atoms with E-state index in [0.717, 1.165) is 16.7 Å². The van der Waals surface area contributed by atoms with Crippen LogP contribution in [0.2, 0.25) is 0 Å². The van der Waals surface area contributed by atoms with Gasteiger partial charge in [0.2, 0.25) is 5.90 Å². The molecule has 138 valence electrons. The summed E-state index contributed by atoms with van der Waals surface area (Å²) in [6, 6.07) is 14.5. The summed E-state index contributed by atoms with van der Waals surface area (Å²) in [5.74, 6) is -0.0756. The van der Waals surface area contributed by atoms with Crippen molar-refractivity contribution in [3.63, 3.8) is 0 Å². The van der Waals surface area contributed by atoms with Gasteiger partial charge in [-0.3, -0.25) is 0 Å². The fraction of sp³-hybridized carbons (Fsp3) is 0.190. The minimum Gasteiger partial charge on any atom is -0.482 e. The van der Waals surface area contributed by atoms with Crippen molar-refractivity contribution < 1.29 is 23.8 Å². The quantitative estimate of drug-likeness (QED) is 0.580. The van der Waals surface area contributed by atoms with Crippen molar-refractivity contribution >= 4 is 23.9 Å². The highest BCUT2D eigenvalue weighted by Gasteiger charge is 2.24. The van der Waals surface area contributed by atoms with Crippen molar-refractivity contribution in [2.24, 2.45) is 4.99 Å². The molecule has 2 aromatic carbocycles. The average molecular weight is 365 g/mol. The first-order chi connectivity index (χ1) is 13.1. The van der Waals surface area contributed by atoms with E-state index >= 15 is 0 Å². The Morgan fingerprint density at radius 3 is 2.59 bits per heavy atom. The van der Waals surface area contributed by atoms with E-state index in [1.54, 1.807) is 37.3 Å². The lowest BCUT2D eigenvalue weighted by Crippen LogP contribution is -2.14. The minimum absolute atomic E-state index is 0.148. The minimum atomic E-state index is -0.490. The number of carbonyl (C=O) groups excluding carboxylic acids is 2.